The summed E-state index contributed by atoms with van der Waals surface area (Å²) in [4.78, 5) is 36.8. The number of benzene rings is 2. The van der Waals surface area contributed by atoms with Gasteiger partial charge in [0.05, 0.1) is 6.54 Å². The summed E-state index contributed by atoms with van der Waals surface area (Å²) in [6.45, 7) is 8.46. The van der Waals surface area contributed by atoms with Crippen molar-refractivity contribution in [1.82, 2.24) is 10.6 Å². The highest BCUT2D eigenvalue weighted by atomic mass is 16.2. The zero-order chi connectivity index (χ0) is 22.9. The Morgan fingerprint density at radius 2 is 1.48 bits per heavy atom. The molecule has 166 valence electrons. The summed E-state index contributed by atoms with van der Waals surface area (Å²) in [6, 6.07) is 13.8. The maximum atomic E-state index is 12.3. The molecule has 0 spiro atoms. The van der Waals surface area contributed by atoms with Gasteiger partial charge in [0, 0.05) is 34.6 Å². The van der Waals surface area contributed by atoms with Crippen molar-refractivity contribution in [3.63, 3.8) is 0 Å². The minimum atomic E-state index is -0.346. The summed E-state index contributed by atoms with van der Waals surface area (Å²) in [5, 5.41) is 11.6. The Morgan fingerprint density at radius 1 is 0.871 bits per heavy atom. The van der Waals surface area contributed by atoms with Gasteiger partial charge in [-0.25, -0.2) is 0 Å². The Bertz CT molecular complexity index is 919. The van der Waals surface area contributed by atoms with Crippen LogP contribution in [0.5, 0.6) is 0 Å². The standard InChI is InChI=1S/C24H32N4O3/c1-5-6-13-25-22(30)17-9-7-11-19(14-17)26-16-21(29)27-20-12-8-10-18(15-20)23(31)28-24(2,3)4/h7-12,14-15,26H,5-6,13,16H2,1-4H3,(H,25,30)(H,27,29)(H,28,31). The van der Waals surface area contributed by atoms with Crippen LogP contribution in [0.2, 0.25) is 0 Å². The molecule has 2 aromatic carbocycles. The second-order valence-corrected chi connectivity index (χ2v) is 8.38. The van der Waals surface area contributed by atoms with Crippen LogP contribution in [-0.2, 0) is 4.79 Å². The number of anilines is 2. The predicted octanol–water partition coefficient (Wildman–Crippen LogP) is 3.80. The van der Waals surface area contributed by atoms with Crippen molar-refractivity contribution < 1.29 is 14.4 Å². The first-order valence-corrected chi connectivity index (χ1v) is 10.5. The van der Waals surface area contributed by atoms with Gasteiger partial charge >= 0.3 is 0 Å². The van der Waals surface area contributed by atoms with Gasteiger partial charge in [-0.05, 0) is 63.6 Å². The summed E-state index contributed by atoms with van der Waals surface area (Å²) >= 11 is 0. The van der Waals surface area contributed by atoms with Crippen molar-refractivity contribution in [1.29, 1.82) is 0 Å². The van der Waals surface area contributed by atoms with Crippen LogP contribution in [0.4, 0.5) is 11.4 Å². The highest BCUT2D eigenvalue weighted by molar-refractivity contribution is 5.98. The van der Waals surface area contributed by atoms with Crippen LogP contribution >= 0.6 is 0 Å². The molecule has 4 N–H and O–H groups in total. The lowest BCUT2D eigenvalue weighted by atomic mass is 10.1. The first-order chi connectivity index (χ1) is 14.7. The first kappa shape index (κ1) is 23.9. The van der Waals surface area contributed by atoms with Crippen molar-refractivity contribution in [2.75, 3.05) is 23.7 Å². The van der Waals surface area contributed by atoms with Crippen LogP contribution < -0.4 is 21.3 Å². The lowest BCUT2D eigenvalue weighted by Gasteiger charge is -2.20. The van der Waals surface area contributed by atoms with Crippen molar-refractivity contribution in [2.45, 2.75) is 46.1 Å². The second-order valence-electron chi connectivity index (χ2n) is 8.38. The van der Waals surface area contributed by atoms with Crippen LogP contribution in [0.3, 0.4) is 0 Å². The SMILES string of the molecule is CCCCNC(=O)c1cccc(NCC(=O)Nc2cccc(C(=O)NC(C)(C)C)c2)c1. The third-order valence-electron chi connectivity index (χ3n) is 4.29. The van der Waals surface area contributed by atoms with Gasteiger partial charge in [-0.3, -0.25) is 14.4 Å². The van der Waals surface area contributed by atoms with Gasteiger partial charge in [-0.15, -0.1) is 0 Å². The molecule has 0 bridgehead atoms. The van der Waals surface area contributed by atoms with E-state index in [0.717, 1.165) is 12.8 Å². The Morgan fingerprint density at radius 3 is 2.13 bits per heavy atom. The predicted molar refractivity (Wildman–Crippen MR) is 124 cm³/mol. The van der Waals surface area contributed by atoms with E-state index in [2.05, 4.69) is 28.2 Å². The molecule has 0 saturated heterocycles. The number of rotatable bonds is 9. The summed E-state index contributed by atoms with van der Waals surface area (Å²) in [5.41, 5.74) is 1.89. The fraction of sp³-hybridized carbons (Fsp3) is 0.375. The van der Waals surface area contributed by atoms with E-state index in [0.29, 0.717) is 29.0 Å². The number of amides is 3. The minimum Gasteiger partial charge on any atom is -0.376 e. The van der Waals surface area contributed by atoms with E-state index in [1.165, 1.54) is 0 Å². The number of hydrogen-bond acceptors (Lipinski definition) is 4. The van der Waals surface area contributed by atoms with Gasteiger partial charge in [0.15, 0.2) is 0 Å². The quantitative estimate of drug-likeness (QED) is 0.460. The molecule has 2 aromatic rings. The second kappa shape index (κ2) is 11.2. The zero-order valence-electron chi connectivity index (χ0n) is 18.7. The summed E-state index contributed by atoms with van der Waals surface area (Å²) in [6.07, 6.45) is 1.95. The molecule has 0 aliphatic rings. The maximum Gasteiger partial charge on any atom is 0.251 e. The molecule has 0 aliphatic carbocycles. The molecule has 2 rings (SSSR count). The number of nitrogens with one attached hydrogen (secondary N) is 4. The smallest absolute Gasteiger partial charge is 0.251 e. The molecule has 0 atom stereocenters. The molecule has 0 heterocycles. The molecule has 0 aromatic heterocycles. The molecular formula is C24H32N4O3. The number of unbranched alkanes of at least 4 members (excludes halogenated alkanes) is 1. The molecule has 7 nitrogen and oxygen atoms in total. The topological polar surface area (TPSA) is 99.3 Å². The van der Waals surface area contributed by atoms with Crippen LogP contribution in [0, 0.1) is 0 Å². The molecule has 0 radical (unpaired) electrons. The molecule has 0 unspecified atom stereocenters. The summed E-state index contributed by atoms with van der Waals surface area (Å²) in [7, 11) is 0. The Labute approximate surface area is 184 Å². The van der Waals surface area contributed by atoms with Crippen molar-refractivity contribution >= 4 is 29.1 Å². The van der Waals surface area contributed by atoms with E-state index in [1.54, 1.807) is 48.5 Å². The average Bonchev–Trinajstić information content (AvgIpc) is 2.71. The van der Waals surface area contributed by atoms with Crippen LogP contribution in [0.25, 0.3) is 0 Å². The van der Waals surface area contributed by atoms with Crippen molar-refractivity contribution in [3.05, 3.63) is 59.7 Å². The first-order valence-electron chi connectivity index (χ1n) is 10.5. The lowest BCUT2D eigenvalue weighted by molar-refractivity contribution is -0.114. The molecule has 31 heavy (non-hydrogen) atoms. The summed E-state index contributed by atoms with van der Waals surface area (Å²) < 4.78 is 0. The number of hydrogen-bond donors (Lipinski definition) is 4. The molecule has 0 aliphatic heterocycles. The Hall–Kier alpha value is -3.35. The van der Waals surface area contributed by atoms with E-state index in [4.69, 9.17) is 0 Å². The number of carbonyl (C=O) groups excluding carboxylic acids is 3. The van der Waals surface area contributed by atoms with Gasteiger partial charge in [0.1, 0.15) is 0 Å². The fourth-order valence-electron chi connectivity index (χ4n) is 2.79. The van der Waals surface area contributed by atoms with E-state index in [9.17, 15) is 14.4 Å². The Balaban J connectivity index is 1.91. The third-order valence-corrected chi connectivity index (χ3v) is 4.29. The average molecular weight is 425 g/mol. The van der Waals surface area contributed by atoms with Crippen molar-refractivity contribution in [2.24, 2.45) is 0 Å². The minimum absolute atomic E-state index is 0.0271. The molecule has 3 amide bonds. The van der Waals surface area contributed by atoms with Gasteiger partial charge in [-0.1, -0.05) is 25.5 Å². The third kappa shape index (κ3) is 8.50. The zero-order valence-corrected chi connectivity index (χ0v) is 18.7. The fourth-order valence-corrected chi connectivity index (χ4v) is 2.79. The monoisotopic (exact) mass is 424 g/mol. The largest absolute Gasteiger partial charge is 0.376 e. The summed E-state index contributed by atoms with van der Waals surface area (Å²) in [5.74, 6) is -0.589. The van der Waals surface area contributed by atoms with Gasteiger partial charge < -0.3 is 21.3 Å². The van der Waals surface area contributed by atoms with Crippen LogP contribution in [0.15, 0.2) is 48.5 Å². The molecular weight excluding hydrogens is 392 g/mol. The van der Waals surface area contributed by atoms with E-state index >= 15 is 0 Å². The van der Waals surface area contributed by atoms with Crippen LogP contribution in [0.1, 0.15) is 61.3 Å². The van der Waals surface area contributed by atoms with Crippen molar-refractivity contribution in [3.8, 4) is 0 Å². The van der Waals surface area contributed by atoms with Gasteiger partial charge in [-0.2, -0.15) is 0 Å². The number of carbonyl (C=O) groups is 3. The maximum absolute atomic E-state index is 12.3. The Kier molecular flexibility index (Phi) is 8.61. The molecule has 0 fully saturated rings. The van der Waals surface area contributed by atoms with Crippen LogP contribution in [-0.4, -0.2) is 36.3 Å². The molecule has 7 heteroatoms. The van der Waals surface area contributed by atoms with E-state index in [1.807, 2.05) is 20.8 Å². The highest BCUT2D eigenvalue weighted by Crippen LogP contribution is 2.13. The van der Waals surface area contributed by atoms with E-state index < -0.39 is 0 Å². The van der Waals surface area contributed by atoms with Gasteiger partial charge in [0.25, 0.3) is 11.8 Å². The van der Waals surface area contributed by atoms with E-state index in [-0.39, 0.29) is 29.8 Å². The normalized spacial score (nSPS) is 10.8. The van der Waals surface area contributed by atoms with Gasteiger partial charge in [0.2, 0.25) is 5.91 Å². The molecule has 0 saturated carbocycles. The lowest BCUT2D eigenvalue weighted by Crippen LogP contribution is -2.40. The highest BCUT2D eigenvalue weighted by Gasteiger charge is 2.15.